The van der Waals surface area contributed by atoms with Crippen molar-refractivity contribution >= 4 is 0 Å². The molecule has 2 rings (SSSR count). The Hall–Kier alpha value is -2.07. The van der Waals surface area contributed by atoms with E-state index < -0.39 is 0 Å². The molecule has 0 unspecified atom stereocenters. The SMILES string of the molecule is Cc1cccc(C(C)(C)c2ccc(C#N)cc2)c1. The first-order valence-corrected chi connectivity index (χ1v) is 6.12. The molecule has 0 spiro atoms. The van der Waals surface area contributed by atoms with E-state index in [0.717, 1.165) is 0 Å². The summed E-state index contributed by atoms with van der Waals surface area (Å²) in [6.07, 6.45) is 0. The van der Waals surface area contributed by atoms with E-state index in [1.807, 2.05) is 24.3 Å². The molecule has 2 aromatic rings. The normalized spacial score (nSPS) is 11.0. The fraction of sp³-hybridized carbons (Fsp3) is 0.235. The summed E-state index contributed by atoms with van der Waals surface area (Å²) in [5.74, 6) is 0. The van der Waals surface area contributed by atoms with Crippen molar-refractivity contribution in [3.63, 3.8) is 0 Å². The Morgan fingerprint density at radius 3 is 2.17 bits per heavy atom. The zero-order valence-corrected chi connectivity index (χ0v) is 11.1. The first-order chi connectivity index (χ1) is 8.54. The number of hydrogen-bond donors (Lipinski definition) is 0. The van der Waals surface area contributed by atoms with E-state index in [2.05, 4.69) is 51.1 Å². The highest BCUT2D eigenvalue weighted by atomic mass is 14.3. The van der Waals surface area contributed by atoms with Crippen LogP contribution in [-0.4, -0.2) is 0 Å². The van der Waals surface area contributed by atoms with E-state index >= 15 is 0 Å². The molecule has 0 fully saturated rings. The van der Waals surface area contributed by atoms with Gasteiger partial charge in [-0.15, -0.1) is 0 Å². The standard InChI is InChI=1S/C17H17N/c1-13-5-4-6-16(11-13)17(2,3)15-9-7-14(12-18)8-10-15/h4-11H,1-3H3. The first kappa shape index (κ1) is 12.4. The summed E-state index contributed by atoms with van der Waals surface area (Å²) in [5.41, 5.74) is 4.47. The summed E-state index contributed by atoms with van der Waals surface area (Å²) in [6, 6.07) is 18.6. The number of benzene rings is 2. The van der Waals surface area contributed by atoms with Gasteiger partial charge < -0.3 is 0 Å². The molecule has 0 aliphatic heterocycles. The Balaban J connectivity index is 2.44. The molecule has 0 aromatic heterocycles. The number of nitriles is 1. The molecule has 0 atom stereocenters. The molecule has 1 nitrogen and oxygen atoms in total. The fourth-order valence-corrected chi connectivity index (χ4v) is 2.16. The van der Waals surface area contributed by atoms with E-state index in [1.54, 1.807) is 0 Å². The molecule has 0 heterocycles. The minimum absolute atomic E-state index is 0.0417. The van der Waals surface area contributed by atoms with Gasteiger partial charge in [-0.1, -0.05) is 55.8 Å². The van der Waals surface area contributed by atoms with Crippen molar-refractivity contribution < 1.29 is 0 Å². The van der Waals surface area contributed by atoms with Gasteiger partial charge in [0, 0.05) is 5.41 Å². The molecule has 0 amide bonds. The highest BCUT2D eigenvalue weighted by Crippen LogP contribution is 2.31. The second-order valence-corrected chi connectivity index (χ2v) is 5.18. The molecule has 18 heavy (non-hydrogen) atoms. The van der Waals surface area contributed by atoms with Crippen molar-refractivity contribution in [1.29, 1.82) is 5.26 Å². The Labute approximate surface area is 109 Å². The van der Waals surface area contributed by atoms with Crippen LogP contribution in [0.5, 0.6) is 0 Å². The van der Waals surface area contributed by atoms with Crippen LogP contribution >= 0.6 is 0 Å². The lowest BCUT2D eigenvalue weighted by atomic mass is 9.77. The van der Waals surface area contributed by atoms with Crippen molar-refractivity contribution in [3.05, 3.63) is 70.8 Å². The topological polar surface area (TPSA) is 23.8 Å². The minimum Gasteiger partial charge on any atom is -0.192 e. The van der Waals surface area contributed by atoms with Gasteiger partial charge in [0.05, 0.1) is 11.6 Å². The van der Waals surface area contributed by atoms with E-state index in [4.69, 9.17) is 5.26 Å². The molecular weight excluding hydrogens is 218 g/mol. The third-order valence-electron chi connectivity index (χ3n) is 3.48. The van der Waals surface area contributed by atoms with Crippen LogP contribution in [0.4, 0.5) is 0 Å². The maximum Gasteiger partial charge on any atom is 0.0991 e. The zero-order chi connectivity index (χ0) is 13.2. The monoisotopic (exact) mass is 235 g/mol. The van der Waals surface area contributed by atoms with Crippen LogP contribution in [0.15, 0.2) is 48.5 Å². The van der Waals surface area contributed by atoms with Crippen LogP contribution in [0.2, 0.25) is 0 Å². The summed E-state index contributed by atoms with van der Waals surface area (Å²) < 4.78 is 0. The maximum atomic E-state index is 8.83. The molecule has 90 valence electrons. The predicted molar refractivity (Wildman–Crippen MR) is 74.5 cm³/mol. The van der Waals surface area contributed by atoms with Crippen LogP contribution in [0.3, 0.4) is 0 Å². The Morgan fingerprint density at radius 2 is 1.61 bits per heavy atom. The average Bonchev–Trinajstić information content (AvgIpc) is 2.39. The lowest BCUT2D eigenvalue weighted by molar-refractivity contribution is 0.640. The van der Waals surface area contributed by atoms with Crippen molar-refractivity contribution in [2.24, 2.45) is 0 Å². The molecule has 0 saturated heterocycles. The van der Waals surface area contributed by atoms with Gasteiger partial charge in [0.15, 0.2) is 0 Å². The number of nitrogens with zero attached hydrogens (tertiary/aromatic N) is 1. The average molecular weight is 235 g/mol. The van der Waals surface area contributed by atoms with Crippen LogP contribution < -0.4 is 0 Å². The van der Waals surface area contributed by atoms with Gasteiger partial charge in [0.25, 0.3) is 0 Å². The van der Waals surface area contributed by atoms with E-state index in [-0.39, 0.29) is 5.41 Å². The maximum absolute atomic E-state index is 8.83. The molecule has 0 aliphatic carbocycles. The highest BCUT2D eigenvalue weighted by Gasteiger charge is 2.22. The molecule has 2 aromatic carbocycles. The molecule has 0 radical (unpaired) electrons. The third-order valence-corrected chi connectivity index (χ3v) is 3.48. The van der Waals surface area contributed by atoms with Gasteiger partial charge in [0.1, 0.15) is 0 Å². The molecule has 0 saturated carbocycles. The summed E-state index contributed by atoms with van der Waals surface area (Å²) in [5, 5.41) is 8.83. The van der Waals surface area contributed by atoms with Crippen LogP contribution in [0.1, 0.15) is 36.1 Å². The van der Waals surface area contributed by atoms with Gasteiger partial charge in [0.2, 0.25) is 0 Å². The van der Waals surface area contributed by atoms with Crippen molar-refractivity contribution in [2.75, 3.05) is 0 Å². The van der Waals surface area contributed by atoms with Gasteiger partial charge >= 0.3 is 0 Å². The zero-order valence-electron chi connectivity index (χ0n) is 11.1. The van der Waals surface area contributed by atoms with Gasteiger partial charge in [-0.05, 0) is 30.2 Å². The Bertz CT molecular complexity index is 586. The van der Waals surface area contributed by atoms with Gasteiger partial charge in [-0.2, -0.15) is 5.26 Å². The number of aryl methyl sites for hydroxylation is 1. The quantitative estimate of drug-likeness (QED) is 0.765. The highest BCUT2D eigenvalue weighted by molar-refractivity contribution is 5.41. The number of rotatable bonds is 2. The largest absolute Gasteiger partial charge is 0.192 e. The molecular formula is C17H17N. The number of hydrogen-bond acceptors (Lipinski definition) is 1. The van der Waals surface area contributed by atoms with E-state index in [1.165, 1.54) is 16.7 Å². The molecule has 0 aliphatic rings. The lowest BCUT2D eigenvalue weighted by Gasteiger charge is -2.26. The molecule has 1 heteroatoms. The van der Waals surface area contributed by atoms with Crippen molar-refractivity contribution in [2.45, 2.75) is 26.2 Å². The molecule has 0 N–H and O–H groups in total. The predicted octanol–water partition coefficient (Wildman–Crippen LogP) is 4.19. The molecule has 0 bridgehead atoms. The minimum atomic E-state index is -0.0417. The Morgan fingerprint density at radius 1 is 0.944 bits per heavy atom. The van der Waals surface area contributed by atoms with E-state index in [0.29, 0.717) is 5.56 Å². The summed E-state index contributed by atoms with van der Waals surface area (Å²) in [7, 11) is 0. The Kier molecular flexibility index (Phi) is 3.21. The van der Waals surface area contributed by atoms with Crippen LogP contribution in [0.25, 0.3) is 0 Å². The van der Waals surface area contributed by atoms with Crippen molar-refractivity contribution in [3.8, 4) is 6.07 Å². The first-order valence-electron chi connectivity index (χ1n) is 6.12. The smallest absolute Gasteiger partial charge is 0.0991 e. The summed E-state index contributed by atoms with van der Waals surface area (Å²) >= 11 is 0. The third kappa shape index (κ3) is 2.28. The van der Waals surface area contributed by atoms with Gasteiger partial charge in [-0.3, -0.25) is 0 Å². The van der Waals surface area contributed by atoms with Gasteiger partial charge in [-0.25, -0.2) is 0 Å². The second kappa shape index (κ2) is 4.66. The van der Waals surface area contributed by atoms with Crippen LogP contribution in [-0.2, 0) is 5.41 Å². The van der Waals surface area contributed by atoms with E-state index in [9.17, 15) is 0 Å². The van der Waals surface area contributed by atoms with Crippen LogP contribution in [0, 0.1) is 18.3 Å². The summed E-state index contributed by atoms with van der Waals surface area (Å²) in [6.45, 7) is 6.53. The van der Waals surface area contributed by atoms with Crippen molar-refractivity contribution in [1.82, 2.24) is 0 Å². The second-order valence-electron chi connectivity index (χ2n) is 5.18. The fourth-order valence-electron chi connectivity index (χ4n) is 2.16. The summed E-state index contributed by atoms with van der Waals surface area (Å²) in [4.78, 5) is 0. The lowest BCUT2D eigenvalue weighted by Crippen LogP contribution is -2.18.